The van der Waals surface area contributed by atoms with Crippen LogP contribution in [0.5, 0.6) is 5.75 Å². The molecule has 0 aliphatic heterocycles. The average molecular weight is 173 g/mol. The zero-order chi connectivity index (χ0) is 9.26. The van der Waals surface area contributed by atoms with Gasteiger partial charge in [0.05, 0.1) is 11.1 Å². The average Bonchev–Trinajstić information content (AvgIpc) is 2.17. The fraction of sp³-hybridized carbons (Fsp3) is 0. The van der Waals surface area contributed by atoms with Gasteiger partial charge in [0.25, 0.3) is 0 Å². The van der Waals surface area contributed by atoms with Crippen LogP contribution in [0.4, 0.5) is 0 Å². The van der Waals surface area contributed by atoms with E-state index in [1.165, 1.54) is 6.07 Å². The summed E-state index contributed by atoms with van der Waals surface area (Å²) < 4.78 is 0. The van der Waals surface area contributed by atoms with Gasteiger partial charge < -0.3 is 5.11 Å². The summed E-state index contributed by atoms with van der Waals surface area (Å²) in [5.41, 5.74) is 0.980. The fourth-order valence-corrected chi connectivity index (χ4v) is 1.22. The Kier molecular flexibility index (Phi) is 1.70. The first-order chi connectivity index (χ1) is 6.31. The van der Waals surface area contributed by atoms with Gasteiger partial charge in [-0.15, -0.1) is 0 Å². The number of hydrogen-bond donors (Lipinski definition) is 1. The third-order valence-electron chi connectivity index (χ3n) is 1.88. The van der Waals surface area contributed by atoms with E-state index < -0.39 is 0 Å². The third kappa shape index (κ3) is 1.24. The zero-order valence-corrected chi connectivity index (χ0v) is 6.77. The van der Waals surface area contributed by atoms with E-state index in [1.807, 2.05) is 6.07 Å². The molecule has 2 aromatic rings. The maximum absolute atomic E-state index is 10.5. The number of hydrogen-bond acceptors (Lipinski definition) is 3. The number of phenols is 1. The van der Waals surface area contributed by atoms with E-state index in [0.29, 0.717) is 11.8 Å². The Morgan fingerprint density at radius 3 is 3.00 bits per heavy atom. The number of fused-ring (bicyclic) bond motifs is 1. The molecule has 0 aliphatic rings. The molecule has 1 aromatic carbocycles. The van der Waals surface area contributed by atoms with Crippen LogP contribution in [0.25, 0.3) is 10.9 Å². The van der Waals surface area contributed by atoms with Crippen LogP contribution < -0.4 is 0 Å². The Labute approximate surface area is 74.7 Å². The van der Waals surface area contributed by atoms with Crippen LogP contribution in [0.3, 0.4) is 0 Å². The molecule has 0 radical (unpaired) electrons. The quantitative estimate of drug-likeness (QED) is 0.668. The highest BCUT2D eigenvalue weighted by molar-refractivity contribution is 5.89. The van der Waals surface area contributed by atoms with E-state index in [2.05, 4.69) is 4.98 Å². The normalized spacial score (nSPS) is 10.2. The minimum absolute atomic E-state index is 0.00417. The zero-order valence-electron chi connectivity index (χ0n) is 6.77. The van der Waals surface area contributed by atoms with Crippen LogP contribution in [0.2, 0.25) is 0 Å². The van der Waals surface area contributed by atoms with Crippen LogP contribution in [0.1, 0.15) is 10.4 Å². The minimum Gasteiger partial charge on any atom is -0.507 e. The lowest BCUT2D eigenvalue weighted by Crippen LogP contribution is -1.84. The number of rotatable bonds is 1. The molecule has 0 saturated heterocycles. The minimum atomic E-state index is -0.00417. The number of nitrogens with zero attached hydrogens (tertiary/aromatic N) is 1. The molecule has 0 fully saturated rings. The van der Waals surface area contributed by atoms with E-state index in [9.17, 15) is 9.90 Å². The lowest BCUT2D eigenvalue weighted by atomic mass is 10.1. The molecule has 0 spiro atoms. The molecule has 0 saturated carbocycles. The highest BCUT2D eigenvalue weighted by atomic mass is 16.3. The Morgan fingerprint density at radius 1 is 1.38 bits per heavy atom. The number of pyridine rings is 1. The number of benzene rings is 1. The molecule has 2 rings (SSSR count). The van der Waals surface area contributed by atoms with Crippen molar-refractivity contribution in [3.8, 4) is 5.75 Å². The van der Waals surface area contributed by atoms with Gasteiger partial charge in [-0.1, -0.05) is 6.07 Å². The van der Waals surface area contributed by atoms with Crippen molar-refractivity contribution in [3.63, 3.8) is 0 Å². The summed E-state index contributed by atoms with van der Waals surface area (Å²) >= 11 is 0. The van der Waals surface area contributed by atoms with Crippen LogP contribution in [0, 0.1) is 0 Å². The highest BCUT2D eigenvalue weighted by Gasteiger charge is 2.02. The number of aldehydes is 1. The van der Waals surface area contributed by atoms with Gasteiger partial charge in [-0.05, 0) is 18.2 Å². The Bertz CT molecular complexity index is 465. The first-order valence-electron chi connectivity index (χ1n) is 3.84. The Hall–Kier alpha value is -1.90. The second kappa shape index (κ2) is 2.86. The molecule has 0 atom stereocenters. The largest absolute Gasteiger partial charge is 0.507 e. The van der Waals surface area contributed by atoms with Crippen molar-refractivity contribution in [2.45, 2.75) is 0 Å². The lowest BCUT2D eigenvalue weighted by Gasteiger charge is -1.99. The van der Waals surface area contributed by atoms with Crippen molar-refractivity contribution >= 4 is 17.2 Å². The maximum Gasteiger partial charge on any atom is 0.153 e. The molecular formula is C10H7NO2. The van der Waals surface area contributed by atoms with Gasteiger partial charge in [-0.25, -0.2) is 0 Å². The van der Waals surface area contributed by atoms with Gasteiger partial charge in [0.1, 0.15) is 5.75 Å². The molecule has 64 valence electrons. The monoisotopic (exact) mass is 173 g/mol. The van der Waals surface area contributed by atoms with Gasteiger partial charge >= 0.3 is 0 Å². The van der Waals surface area contributed by atoms with Crippen molar-refractivity contribution < 1.29 is 9.90 Å². The van der Waals surface area contributed by atoms with Crippen LogP contribution in [-0.2, 0) is 0 Å². The molecule has 3 nitrogen and oxygen atoms in total. The first kappa shape index (κ1) is 7.73. The summed E-state index contributed by atoms with van der Waals surface area (Å²) in [6, 6.07) is 6.71. The molecular weight excluding hydrogens is 166 g/mol. The number of phenolic OH excluding ortho intramolecular Hbond substituents is 1. The van der Waals surface area contributed by atoms with E-state index in [0.717, 1.165) is 5.39 Å². The molecule has 0 unspecified atom stereocenters. The molecule has 3 heteroatoms. The number of carbonyl (C=O) groups excluding carboxylic acids is 1. The molecule has 1 aromatic heterocycles. The first-order valence-corrected chi connectivity index (χ1v) is 3.84. The van der Waals surface area contributed by atoms with E-state index in [4.69, 9.17) is 0 Å². The van der Waals surface area contributed by atoms with Crippen molar-refractivity contribution in [3.05, 3.63) is 36.0 Å². The third-order valence-corrected chi connectivity index (χ3v) is 1.88. The van der Waals surface area contributed by atoms with Crippen LogP contribution in [-0.4, -0.2) is 16.4 Å². The summed E-state index contributed by atoms with van der Waals surface area (Å²) in [5, 5.41) is 10.2. The van der Waals surface area contributed by atoms with Gasteiger partial charge in [-0.3, -0.25) is 9.78 Å². The fourth-order valence-electron chi connectivity index (χ4n) is 1.22. The van der Waals surface area contributed by atoms with Crippen LogP contribution in [0.15, 0.2) is 30.5 Å². The molecule has 0 aliphatic carbocycles. The Balaban J connectivity index is 2.81. The smallest absolute Gasteiger partial charge is 0.153 e. The molecule has 0 bridgehead atoms. The van der Waals surface area contributed by atoms with Crippen molar-refractivity contribution in [2.75, 3.05) is 0 Å². The number of aromatic nitrogens is 1. The molecule has 13 heavy (non-hydrogen) atoms. The topological polar surface area (TPSA) is 50.2 Å². The standard InChI is InChI=1S/C10H7NO2/c12-6-8-4-9-7(5-10(8)13)2-1-3-11-9/h1-6,13H. The lowest BCUT2D eigenvalue weighted by molar-refractivity contribution is 0.112. The molecule has 1 heterocycles. The van der Waals surface area contributed by atoms with E-state index in [1.54, 1.807) is 18.3 Å². The summed E-state index contributed by atoms with van der Waals surface area (Å²) in [7, 11) is 0. The van der Waals surface area contributed by atoms with Gasteiger partial charge in [0.15, 0.2) is 6.29 Å². The van der Waals surface area contributed by atoms with Crippen molar-refractivity contribution in [2.24, 2.45) is 0 Å². The summed E-state index contributed by atoms with van der Waals surface area (Å²) in [4.78, 5) is 14.5. The van der Waals surface area contributed by atoms with E-state index >= 15 is 0 Å². The number of carbonyl (C=O) groups is 1. The summed E-state index contributed by atoms with van der Waals surface area (Å²) in [6.45, 7) is 0. The van der Waals surface area contributed by atoms with Gasteiger partial charge in [-0.2, -0.15) is 0 Å². The van der Waals surface area contributed by atoms with Gasteiger partial charge in [0, 0.05) is 11.6 Å². The van der Waals surface area contributed by atoms with Crippen LogP contribution >= 0.6 is 0 Å². The molecule has 0 amide bonds. The SMILES string of the molecule is O=Cc1cc2ncccc2cc1O. The predicted molar refractivity (Wildman–Crippen MR) is 48.8 cm³/mol. The predicted octanol–water partition coefficient (Wildman–Crippen LogP) is 1.75. The maximum atomic E-state index is 10.5. The summed E-state index contributed by atoms with van der Waals surface area (Å²) in [6.07, 6.45) is 2.26. The van der Waals surface area contributed by atoms with Gasteiger partial charge in [0.2, 0.25) is 0 Å². The molecule has 1 N–H and O–H groups in total. The second-order valence-electron chi connectivity index (χ2n) is 2.72. The number of aromatic hydroxyl groups is 1. The van der Waals surface area contributed by atoms with Crippen molar-refractivity contribution in [1.82, 2.24) is 4.98 Å². The van der Waals surface area contributed by atoms with Crippen molar-refractivity contribution in [1.29, 1.82) is 0 Å². The van der Waals surface area contributed by atoms with E-state index in [-0.39, 0.29) is 11.3 Å². The summed E-state index contributed by atoms with van der Waals surface area (Å²) in [5.74, 6) is -0.00417. The Morgan fingerprint density at radius 2 is 2.23 bits per heavy atom. The highest BCUT2D eigenvalue weighted by Crippen LogP contribution is 2.21. The second-order valence-corrected chi connectivity index (χ2v) is 2.72.